The molecule has 0 aliphatic rings. The van der Waals surface area contributed by atoms with Crippen LogP contribution in [0, 0.1) is 12.7 Å². The van der Waals surface area contributed by atoms with Crippen molar-refractivity contribution in [3.8, 4) is 5.75 Å². The number of nitrogens with zero attached hydrogens (tertiary/aromatic N) is 2. The molecule has 0 amide bonds. The second kappa shape index (κ2) is 5.51. The monoisotopic (exact) mass is 262 g/mol. The van der Waals surface area contributed by atoms with Crippen molar-refractivity contribution in [3.05, 3.63) is 35.8 Å². The molecule has 0 spiro atoms. The van der Waals surface area contributed by atoms with Gasteiger partial charge in [0.2, 0.25) is 5.95 Å². The summed E-state index contributed by atoms with van der Waals surface area (Å²) in [6.07, 6.45) is 1.70. The van der Waals surface area contributed by atoms with Crippen LogP contribution in [0.1, 0.15) is 5.56 Å². The number of benzene rings is 1. The van der Waals surface area contributed by atoms with E-state index in [2.05, 4.69) is 20.6 Å². The number of aryl methyl sites for hydroxylation is 1. The van der Waals surface area contributed by atoms with Crippen LogP contribution in [0.25, 0.3) is 0 Å². The molecule has 0 radical (unpaired) electrons. The summed E-state index contributed by atoms with van der Waals surface area (Å²) in [5.41, 5.74) is 1.47. The van der Waals surface area contributed by atoms with Crippen molar-refractivity contribution in [3.63, 3.8) is 0 Å². The molecule has 0 bridgehead atoms. The smallest absolute Gasteiger partial charge is 0.224 e. The van der Waals surface area contributed by atoms with Gasteiger partial charge in [0.15, 0.2) is 11.6 Å². The van der Waals surface area contributed by atoms with Crippen molar-refractivity contribution in [2.45, 2.75) is 6.92 Å². The molecule has 0 fully saturated rings. The van der Waals surface area contributed by atoms with Gasteiger partial charge < -0.3 is 15.4 Å². The molecule has 0 atom stereocenters. The third kappa shape index (κ3) is 2.90. The minimum atomic E-state index is -0.423. The molecule has 2 rings (SSSR count). The van der Waals surface area contributed by atoms with Crippen LogP contribution < -0.4 is 15.4 Å². The average molecular weight is 262 g/mol. The lowest BCUT2D eigenvalue weighted by Gasteiger charge is -2.10. The van der Waals surface area contributed by atoms with E-state index in [0.717, 1.165) is 5.56 Å². The lowest BCUT2D eigenvalue weighted by Crippen LogP contribution is -2.02. The zero-order valence-electron chi connectivity index (χ0n) is 11.0. The maximum atomic E-state index is 13.6. The van der Waals surface area contributed by atoms with Gasteiger partial charge in [0.1, 0.15) is 5.82 Å². The molecule has 6 heteroatoms. The molecule has 2 N–H and O–H groups in total. The summed E-state index contributed by atoms with van der Waals surface area (Å²) in [6.45, 7) is 1.88. The Morgan fingerprint density at radius 2 is 2.11 bits per heavy atom. The highest BCUT2D eigenvalue weighted by Crippen LogP contribution is 2.24. The molecular formula is C13H15FN4O. The van der Waals surface area contributed by atoms with Crippen molar-refractivity contribution in [2.75, 3.05) is 24.8 Å². The molecule has 2 aromatic rings. The highest BCUT2D eigenvalue weighted by Gasteiger charge is 2.06. The quantitative estimate of drug-likeness (QED) is 0.887. The average Bonchev–Trinajstić information content (AvgIpc) is 2.41. The van der Waals surface area contributed by atoms with Crippen molar-refractivity contribution in [1.29, 1.82) is 0 Å². The van der Waals surface area contributed by atoms with E-state index in [1.807, 2.05) is 6.92 Å². The number of anilines is 3. The summed E-state index contributed by atoms with van der Waals surface area (Å²) in [5.74, 6) is 0.917. The zero-order valence-corrected chi connectivity index (χ0v) is 11.0. The van der Waals surface area contributed by atoms with Gasteiger partial charge in [0, 0.05) is 30.6 Å². The fourth-order valence-corrected chi connectivity index (χ4v) is 1.57. The number of hydrogen-bond acceptors (Lipinski definition) is 5. The predicted octanol–water partition coefficient (Wildman–Crippen LogP) is 2.72. The van der Waals surface area contributed by atoms with Crippen LogP contribution in [-0.2, 0) is 0 Å². The molecule has 0 aliphatic carbocycles. The number of rotatable bonds is 4. The van der Waals surface area contributed by atoms with E-state index in [9.17, 15) is 4.39 Å². The largest absolute Gasteiger partial charge is 0.494 e. The lowest BCUT2D eigenvalue weighted by molar-refractivity contribution is 0.386. The Balaban J connectivity index is 2.28. The van der Waals surface area contributed by atoms with E-state index >= 15 is 0 Å². The standard InChI is InChI=1S/C13H15FN4O/c1-8-7-16-13(15-2)18-12(8)17-9-4-5-11(19-3)10(14)6-9/h4-7H,1-3H3,(H2,15,16,17,18). The summed E-state index contributed by atoms with van der Waals surface area (Å²) in [6, 6.07) is 4.65. The number of methoxy groups -OCH3 is 1. The SMILES string of the molecule is CNc1ncc(C)c(Nc2ccc(OC)c(F)c2)n1. The Morgan fingerprint density at radius 1 is 1.32 bits per heavy atom. The van der Waals surface area contributed by atoms with Crippen molar-refractivity contribution in [2.24, 2.45) is 0 Å². The molecule has 1 aromatic carbocycles. The van der Waals surface area contributed by atoms with E-state index in [4.69, 9.17) is 4.74 Å². The number of hydrogen-bond donors (Lipinski definition) is 2. The van der Waals surface area contributed by atoms with Gasteiger partial charge in [-0.1, -0.05) is 0 Å². The van der Waals surface area contributed by atoms with Gasteiger partial charge in [0.05, 0.1) is 7.11 Å². The van der Waals surface area contributed by atoms with Crippen molar-refractivity contribution >= 4 is 17.5 Å². The van der Waals surface area contributed by atoms with Crippen LogP contribution in [0.3, 0.4) is 0 Å². The summed E-state index contributed by atoms with van der Waals surface area (Å²) in [7, 11) is 3.17. The maximum absolute atomic E-state index is 13.6. The molecule has 0 saturated carbocycles. The Morgan fingerprint density at radius 3 is 2.74 bits per heavy atom. The Bertz CT molecular complexity index is 589. The number of ether oxygens (including phenoxy) is 1. The van der Waals surface area contributed by atoms with Crippen LogP contribution in [-0.4, -0.2) is 24.1 Å². The Labute approximate surface area is 110 Å². The van der Waals surface area contributed by atoms with E-state index < -0.39 is 5.82 Å². The number of nitrogens with one attached hydrogen (secondary N) is 2. The van der Waals surface area contributed by atoms with Gasteiger partial charge >= 0.3 is 0 Å². The van der Waals surface area contributed by atoms with Crippen molar-refractivity contribution in [1.82, 2.24) is 9.97 Å². The summed E-state index contributed by atoms with van der Waals surface area (Å²) in [5, 5.41) is 5.91. The van der Waals surface area contributed by atoms with E-state index in [0.29, 0.717) is 17.5 Å². The predicted molar refractivity (Wildman–Crippen MR) is 72.6 cm³/mol. The fourth-order valence-electron chi connectivity index (χ4n) is 1.57. The molecule has 0 saturated heterocycles. The number of aromatic nitrogens is 2. The van der Waals surface area contributed by atoms with Crippen LogP contribution in [0.5, 0.6) is 5.75 Å². The van der Waals surface area contributed by atoms with E-state index in [-0.39, 0.29) is 5.75 Å². The molecular weight excluding hydrogens is 247 g/mol. The van der Waals surface area contributed by atoms with Crippen LogP contribution in [0.15, 0.2) is 24.4 Å². The minimum Gasteiger partial charge on any atom is -0.494 e. The first-order valence-corrected chi connectivity index (χ1v) is 5.76. The number of halogens is 1. The summed E-state index contributed by atoms with van der Waals surface area (Å²) < 4.78 is 18.5. The fraction of sp³-hybridized carbons (Fsp3) is 0.231. The lowest BCUT2D eigenvalue weighted by atomic mass is 10.2. The first kappa shape index (κ1) is 13.1. The van der Waals surface area contributed by atoms with E-state index in [1.54, 1.807) is 25.4 Å². The highest BCUT2D eigenvalue weighted by atomic mass is 19.1. The molecule has 0 aliphatic heterocycles. The third-order valence-electron chi connectivity index (χ3n) is 2.61. The Hall–Kier alpha value is -2.37. The minimum absolute atomic E-state index is 0.209. The van der Waals surface area contributed by atoms with Crippen LogP contribution >= 0.6 is 0 Å². The topological polar surface area (TPSA) is 59.1 Å². The maximum Gasteiger partial charge on any atom is 0.224 e. The molecule has 5 nitrogen and oxygen atoms in total. The van der Waals surface area contributed by atoms with Gasteiger partial charge in [-0.25, -0.2) is 9.37 Å². The first-order valence-electron chi connectivity index (χ1n) is 5.76. The van der Waals surface area contributed by atoms with Crippen molar-refractivity contribution < 1.29 is 9.13 Å². The molecule has 100 valence electrons. The van der Waals surface area contributed by atoms with E-state index in [1.165, 1.54) is 13.2 Å². The second-order valence-electron chi connectivity index (χ2n) is 3.95. The highest BCUT2D eigenvalue weighted by molar-refractivity contribution is 5.60. The zero-order chi connectivity index (χ0) is 13.8. The first-order chi connectivity index (χ1) is 9.13. The second-order valence-corrected chi connectivity index (χ2v) is 3.95. The molecule has 1 aromatic heterocycles. The van der Waals surface area contributed by atoms with Gasteiger partial charge in [0.25, 0.3) is 0 Å². The Kier molecular flexibility index (Phi) is 3.79. The summed E-state index contributed by atoms with van der Waals surface area (Å²) in [4.78, 5) is 8.36. The molecule has 0 unspecified atom stereocenters. The van der Waals surface area contributed by atoms with Crippen LogP contribution in [0.4, 0.5) is 21.8 Å². The van der Waals surface area contributed by atoms with Gasteiger partial charge in [-0.05, 0) is 19.1 Å². The van der Waals surface area contributed by atoms with Crippen LogP contribution in [0.2, 0.25) is 0 Å². The normalized spacial score (nSPS) is 10.1. The van der Waals surface area contributed by atoms with Gasteiger partial charge in [-0.3, -0.25) is 0 Å². The third-order valence-corrected chi connectivity index (χ3v) is 2.61. The summed E-state index contributed by atoms with van der Waals surface area (Å²) >= 11 is 0. The molecule has 1 heterocycles. The van der Waals surface area contributed by atoms with Gasteiger partial charge in [-0.2, -0.15) is 4.98 Å². The van der Waals surface area contributed by atoms with Gasteiger partial charge in [-0.15, -0.1) is 0 Å². The molecule has 19 heavy (non-hydrogen) atoms.